The average molecular weight is 196 g/mol. The number of hydrogen-bond acceptors (Lipinski definition) is 4. The number of ketones is 1. The first-order valence-electron chi connectivity index (χ1n) is 4.82. The molecule has 0 bridgehead atoms. The molecule has 0 aliphatic rings. The lowest BCUT2D eigenvalue weighted by atomic mass is 10.1. The van der Waals surface area contributed by atoms with E-state index >= 15 is 0 Å². The van der Waals surface area contributed by atoms with Crippen LogP contribution >= 0.6 is 0 Å². The standard InChI is InChI=1S/C9H16N4O/c1-3-4-13-8(6-11-12-13)9(14)5-7(2)10/h6-7H,3-5,10H2,1-2H3. The quantitative estimate of drug-likeness (QED) is 0.700. The summed E-state index contributed by atoms with van der Waals surface area (Å²) in [5, 5.41) is 7.56. The van der Waals surface area contributed by atoms with E-state index in [4.69, 9.17) is 5.73 Å². The van der Waals surface area contributed by atoms with Crippen molar-refractivity contribution in [1.29, 1.82) is 0 Å². The van der Waals surface area contributed by atoms with Crippen LogP contribution in [0.1, 0.15) is 37.2 Å². The summed E-state index contributed by atoms with van der Waals surface area (Å²) in [7, 11) is 0. The maximum atomic E-state index is 11.6. The molecule has 0 saturated carbocycles. The predicted molar refractivity (Wildman–Crippen MR) is 52.9 cm³/mol. The summed E-state index contributed by atoms with van der Waals surface area (Å²) in [6.07, 6.45) is 2.78. The van der Waals surface area contributed by atoms with E-state index in [1.165, 1.54) is 6.20 Å². The van der Waals surface area contributed by atoms with Crippen molar-refractivity contribution in [3.8, 4) is 0 Å². The van der Waals surface area contributed by atoms with Crippen molar-refractivity contribution in [3.63, 3.8) is 0 Å². The van der Waals surface area contributed by atoms with Gasteiger partial charge in [0.1, 0.15) is 5.69 Å². The third kappa shape index (κ3) is 2.63. The topological polar surface area (TPSA) is 73.8 Å². The summed E-state index contributed by atoms with van der Waals surface area (Å²) < 4.78 is 1.63. The Kier molecular flexibility index (Phi) is 3.76. The summed E-state index contributed by atoms with van der Waals surface area (Å²) >= 11 is 0. The predicted octanol–water partition coefficient (Wildman–Crippen LogP) is 0.608. The molecular weight excluding hydrogens is 180 g/mol. The molecular formula is C9H16N4O. The molecule has 1 aromatic heterocycles. The molecule has 0 radical (unpaired) electrons. The van der Waals surface area contributed by atoms with E-state index in [1.807, 2.05) is 13.8 Å². The molecule has 0 aliphatic heterocycles. The molecule has 1 unspecified atom stereocenters. The van der Waals surface area contributed by atoms with Gasteiger partial charge in [0.15, 0.2) is 5.78 Å². The third-order valence-corrected chi connectivity index (χ3v) is 1.85. The lowest BCUT2D eigenvalue weighted by Gasteiger charge is -2.05. The second-order valence-electron chi connectivity index (χ2n) is 3.45. The van der Waals surface area contributed by atoms with Crippen LogP contribution in [0.15, 0.2) is 6.20 Å². The van der Waals surface area contributed by atoms with Gasteiger partial charge in [-0.2, -0.15) is 0 Å². The fourth-order valence-corrected chi connectivity index (χ4v) is 1.25. The zero-order valence-electron chi connectivity index (χ0n) is 8.60. The van der Waals surface area contributed by atoms with Gasteiger partial charge in [0.25, 0.3) is 0 Å². The fraction of sp³-hybridized carbons (Fsp3) is 0.667. The van der Waals surface area contributed by atoms with Crippen molar-refractivity contribution in [3.05, 3.63) is 11.9 Å². The number of carbonyl (C=O) groups excluding carboxylic acids is 1. The van der Waals surface area contributed by atoms with E-state index in [9.17, 15) is 4.79 Å². The monoisotopic (exact) mass is 196 g/mol. The summed E-state index contributed by atoms with van der Waals surface area (Å²) in [6, 6.07) is -0.118. The second kappa shape index (κ2) is 4.85. The molecule has 14 heavy (non-hydrogen) atoms. The molecule has 0 aromatic carbocycles. The van der Waals surface area contributed by atoms with Crippen molar-refractivity contribution in [2.24, 2.45) is 5.73 Å². The van der Waals surface area contributed by atoms with Crippen LogP contribution in [-0.4, -0.2) is 26.8 Å². The van der Waals surface area contributed by atoms with E-state index in [1.54, 1.807) is 4.68 Å². The number of aromatic nitrogens is 3. The van der Waals surface area contributed by atoms with Crippen LogP contribution in [0, 0.1) is 0 Å². The van der Waals surface area contributed by atoms with Crippen LogP contribution < -0.4 is 5.73 Å². The number of hydrogen-bond donors (Lipinski definition) is 1. The minimum absolute atomic E-state index is 0.0125. The minimum Gasteiger partial charge on any atom is -0.328 e. The summed E-state index contributed by atoms with van der Waals surface area (Å²) in [6.45, 7) is 4.56. The molecule has 5 nitrogen and oxygen atoms in total. The van der Waals surface area contributed by atoms with Crippen LogP contribution in [0.5, 0.6) is 0 Å². The van der Waals surface area contributed by atoms with Crippen molar-refractivity contribution >= 4 is 5.78 Å². The highest BCUT2D eigenvalue weighted by molar-refractivity contribution is 5.94. The third-order valence-electron chi connectivity index (χ3n) is 1.85. The molecule has 0 amide bonds. The molecule has 1 rings (SSSR count). The zero-order chi connectivity index (χ0) is 10.6. The molecule has 1 aromatic rings. The van der Waals surface area contributed by atoms with Crippen molar-refractivity contribution in [2.45, 2.75) is 39.3 Å². The van der Waals surface area contributed by atoms with Gasteiger partial charge in [-0.15, -0.1) is 5.10 Å². The molecule has 5 heteroatoms. The van der Waals surface area contributed by atoms with E-state index in [0.29, 0.717) is 12.1 Å². The molecule has 0 aliphatic carbocycles. The smallest absolute Gasteiger partial charge is 0.184 e. The van der Waals surface area contributed by atoms with E-state index in [2.05, 4.69) is 10.3 Å². The molecule has 78 valence electrons. The molecule has 1 atom stereocenters. The van der Waals surface area contributed by atoms with Crippen molar-refractivity contribution < 1.29 is 4.79 Å². The van der Waals surface area contributed by atoms with E-state index < -0.39 is 0 Å². The lowest BCUT2D eigenvalue weighted by molar-refractivity contribution is 0.0966. The Bertz CT molecular complexity index is 306. The van der Waals surface area contributed by atoms with Crippen LogP contribution in [-0.2, 0) is 6.54 Å². The van der Waals surface area contributed by atoms with Crippen LogP contribution in [0.3, 0.4) is 0 Å². The number of rotatable bonds is 5. The first-order chi connectivity index (χ1) is 6.65. The summed E-state index contributed by atoms with van der Waals surface area (Å²) in [5.74, 6) is 0.0125. The number of Topliss-reactive ketones (excluding diaryl/α,β-unsaturated/α-hetero) is 1. The van der Waals surface area contributed by atoms with Gasteiger partial charge >= 0.3 is 0 Å². The Balaban J connectivity index is 2.73. The van der Waals surface area contributed by atoms with Gasteiger partial charge in [0, 0.05) is 19.0 Å². The van der Waals surface area contributed by atoms with Gasteiger partial charge in [0.05, 0.1) is 6.20 Å². The number of nitrogens with zero attached hydrogens (tertiary/aromatic N) is 3. The number of nitrogens with two attached hydrogens (primary N) is 1. The number of carbonyl (C=O) groups is 1. The summed E-state index contributed by atoms with van der Waals surface area (Å²) in [4.78, 5) is 11.6. The molecule has 0 spiro atoms. The Labute approximate surface area is 83.3 Å². The second-order valence-corrected chi connectivity index (χ2v) is 3.45. The Morgan fingerprint density at radius 3 is 3.00 bits per heavy atom. The van der Waals surface area contributed by atoms with Crippen molar-refractivity contribution in [2.75, 3.05) is 0 Å². The Morgan fingerprint density at radius 1 is 1.71 bits per heavy atom. The maximum absolute atomic E-state index is 11.6. The molecule has 0 fully saturated rings. The minimum atomic E-state index is -0.118. The van der Waals surface area contributed by atoms with Gasteiger partial charge in [-0.25, -0.2) is 4.68 Å². The highest BCUT2D eigenvalue weighted by Crippen LogP contribution is 2.03. The van der Waals surface area contributed by atoms with E-state index in [-0.39, 0.29) is 11.8 Å². The number of aryl methyl sites for hydroxylation is 1. The highest BCUT2D eigenvalue weighted by Gasteiger charge is 2.13. The first kappa shape index (κ1) is 10.8. The lowest BCUT2D eigenvalue weighted by Crippen LogP contribution is -2.21. The van der Waals surface area contributed by atoms with Gasteiger partial charge < -0.3 is 5.73 Å². The van der Waals surface area contributed by atoms with E-state index in [0.717, 1.165) is 13.0 Å². The average Bonchev–Trinajstić information content (AvgIpc) is 2.51. The largest absolute Gasteiger partial charge is 0.328 e. The fourth-order valence-electron chi connectivity index (χ4n) is 1.25. The Morgan fingerprint density at radius 2 is 2.43 bits per heavy atom. The normalized spacial score (nSPS) is 12.8. The van der Waals surface area contributed by atoms with Crippen LogP contribution in [0.2, 0.25) is 0 Å². The van der Waals surface area contributed by atoms with Gasteiger partial charge in [-0.1, -0.05) is 12.1 Å². The van der Waals surface area contributed by atoms with Gasteiger partial charge in [0.2, 0.25) is 0 Å². The van der Waals surface area contributed by atoms with Crippen LogP contribution in [0.25, 0.3) is 0 Å². The molecule has 0 saturated heterocycles. The Hall–Kier alpha value is -1.23. The zero-order valence-corrected chi connectivity index (χ0v) is 8.60. The molecule has 2 N–H and O–H groups in total. The SMILES string of the molecule is CCCn1nncc1C(=O)CC(C)N. The van der Waals surface area contributed by atoms with Gasteiger partial charge in [-0.05, 0) is 13.3 Å². The van der Waals surface area contributed by atoms with Gasteiger partial charge in [-0.3, -0.25) is 4.79 Å². The maximum Gasteiger partial charge on any atom is 0.184 e. The summed E-state index contributed by atoms with van der Waals surface area (Å²) in [5.41, 5.74) is 6.11. The molecule has 1 heterocycles. The highest BCUT2D eigenvalue weighted by atomic mass is 16.1. The first-order valence-corrected chi connectivity index (χ1v) is 4.82. The van der Waals surface area contributed by atoms with Crippen LogP contribution in [0.4, 0.5) is 0 Å². The van der Waals surface area contributed by atoms with Crippen molar-refractivity contribution in [1.82, 2.24) is 15.0 Å².